The van der Waals surface area contributed by atoms with Gasteiger partial charge in [0.1, 0.15) is 0 Å². The average molecular weight is 820 g/mol. The van der Waals surface area contributed by atoms with Gasteiger partial charge in [0.25, 0.3) is 0 Å². The topological polar surface area (TPSA) is 0 Å². The molecular weight excluding hydrogens is 759 g/mol. The maximum absolute atomic E-state index is 5.00. The second-order valence-electron chi connectivity index (χ2n) is 18.9. The Balaban J connectivity index is 1.62. The summed E-state index contributed by atoms with van der Waals surface area (Å²) in [4.78, 5) is 0. The van der Waals surface area contributed by atoms with Crippen molar-refractivity contribution >= 4 is 19.1 Å². The Kier molecular flexibility index (Phi) is 7.54. The van der Waals surface area contributed by atoms with Gasteiger partial charge in [-0.1, -0.05) is 0 Å². The number of allylic oxidation sites excluding steroid dienone is 2. The summed E-state index contributed by atoms with van der Waals surface area (Å²) in [5.74, 6) is 0. The van der Waals surface area contributed by atoms with Crippen molar-refractivity contribution in [3.8, 4) is 22.3 Å². The van der Waals surface area contributed by atoms with Gasteiger partial charge in [-0.15, -0.1) is 0 Å². The van der Waals surface area contributed by atoms with Crippen molar-refractivity contribution in [2.45, 2.75) is 108 Å². The van der Waals surface area contributed by atoms with Crippen molar-refractivity contribution in [2.75, 3.05) is 0 Å². The Morgan fingerprint density at radius 2 is 0.771 bits per heavy atom. The summed E-state index contributed by atoms with van der Waals surface area (Å²) < 4.78 is 9.03. The molecule has 0 saturated carbocycles. The van der Waals surface area contributed by atoms with Gasteiger partial charge in [0.05, 0.1) is 0 Å². The molecule has 0 spiro atoms. The van der Waals surface area contributed by atoms with Crippen LogP contribution in [0.15, 0.2) is 48.6 Å². The zero-order valence-electron chi connectivity index (χ0n) is 32.5. The molecule has 0 nitrogen and oxygen atoms in total. The number of fused-ring (bicyclic) bond motifs is 2. The van der Waals surface area contributed by atoms with Gasteiger partial charge in [-0.3, -0.25) is 0 Å². The first-order chi connectivity index (χ1) is 22.2. The molecule has 0 bridgehead atoms. The zero-order chi connectivity index (χ0) is 35.4. The van der Waals surface area contributed by atoms with E-state index in [4.69, 9.17) is 0 Å². The van der Waals surface area contributed by atoms with Gasteiger partial charge >= 0.3 is 290 Å². The van der Waals surface area contributed by atoms with Crippen molar-refractivity contribution in [2.24, 2.45) is 0 Å². The summed E-state index contributed by atoms with van der Waals surface area (Å²) in [6, 6.07) is 14.5. The van der Waals surface area contributed by atoms with Crippen LogP contribution in [0.2, 0.25) is 17.7 Å². The fraction of sp³-hybridized carbons (Fsp3) is 0.391. The summed E-state index contributed by atoms with van der Waals surface area (Å²) in [7, 11) is 0. The zero-order valence-corrected chi connectivity index (χ0v) is 37.6. The van der Waals surface area contributed by atoms with Crippen LogP contribution in [0.5, 0.6) is 0 Å². The van der Waals surface area contributed by atoms with Gasteiger partial charge < -0.3 is 0 Å². The van der Waals surface area contributed by atoms with Crippen LogP contribution >= 0.6 is 0 Å². The van der Waals surface area contributed by atoms with E-state index >= 15 is 0 Å². The first-order valence-corrected chi connectivity index (χ1v) is 43.3. The third-order valence-corrected chi connectivity index (χ3v) is 79.8. The third kappa shape index (κ3) is 4.27. The van der Waals surface area contributed by atoms with Gasteiger partial charge in [0.15, 0.2) is 0 Å². The third-order valence-electron chi connectivity index (χ3n) is 16.6. The number of hydrogen-bond donors (Lipinski definition) is 0. The normalized spacial score (nSPS) is 19.1. The standard InChI is InChI=1S/2C20H21.2C2H5.2CH3.Hf.H2Si/c2*1-12-13(2)15(4)20(16(5)14(12)3)19-11-7-9-17-8-6-10-18(17)19;2*1-2;;;;/h2*6-11H,1-5H3;2*1H2,2H3;2*1H3;;1H2. The summed E-state index contributed by atoms with van der Waals surface area (Å²) in [6.07, 6.45) is 10.4. The molecule has 0 aromatic heterocycles. The van der Waals surface area contributed by atoms with Crippen LogP contribution in [-0.2, 0) is 14.2 Å². The second-order valence-corrected chi connectivity index (χ2v) is 97.4. The van der Waals surface area contributed by atoms with Gasteiger partial charge in [-0.25, -0.2) is 0 Å². The van der Waals surface area contributed by atoms with Crippen LogP contribution in [0.1, 0.15) is 99.1 Å². The minimum absolute atomic E-state index is 0.419. The molecule has 2 heteroatoms. The van der Waals surface area contributed by atoms with E-state index in [1.54, 1.807) is 11.1 Å². The number of hydrogen-bond acceptors (Lipinski definition) is 0. The van der Waals surface area contributed by atoms with E-state index in [9.17, 15) is 0 Å². The van der Waals surface area contributed by atoms with Gasteiger partial charge in [-0.05, 0) is 0 Å². The molecule has 6 rings (SSSR count). The Morgan fingerprint density at radius 3 is 1.06 bits per heavy atom. The summed E-state index contributed by atoms with van der Waals surface area (Å²) >= 11 is -5.00. The van der Waals surface area contributed by atoms with Crippen molar-refractivity contribution in [3.63, 3.8) is 0 Å². The van der Waals surface area contributed by atoms with E-state index in [2.05, 4.69) is 160 Å². The molecule has 0 amide bonds. The second kappa shape index (κ2) is 10.3. The van der Waals surface area contributed by atoms with E-state index < -0.39 is 14.2 Å². The van der Waals surface area contributed by atoms with Crippen molar-refractivity contribution in [3.05, 3.63) is 126 Å². The maximum atomic E-state index is 2.86. The quantitative estimate of drug-likeness (QED) is 0.170. The van der Waals surface area contributed by atoms with Crippen LogP contribution in [-0.4, -0.2) is 6.94 Å². The minimum atomic E-state index is -5.00. The molecule has 0 heterocycles. The van der Waals surface area contributed by atoms with Crippen molar-refractivity contribution in [1.29, 1.82) is 0 Å². The molecule has 252 valence electrons. The first kappa shape index (κ1) is 35.3. The van der Waals surface area contributed by atoms with Crippen molar-refractivity contribution in [1.82, 2.24) is 0 Å². The van der Waals surface area contributed by atoms with Gasteiger partial charge in [0, 0.05) is 0 Å². The molecule has 2 atom stereocenters. The molecule has 2 aliphatic rings. The molecular formula is C46H60HfSi. The van der Waals surface area contributed by atoms with Crippen LogP contribution < -0.4 is 0 Å². The molecule has 4 aromatic carbocycles. The Morgan fingerprint density at radius 1 is 0.479 bits per heavy atom. The van der Waals surface area contributed by atoms with E-state index in [1.165, 1.54) is 97.4 Å². The molecule has 0 saturated heterocycles. The molecule has 0 N–H and O–H groups in total. The summed E-state index contributed by atoms with van der Waals surface area (Å²) in [6.45, 7) is 30.8. The predicted molar refractivity (Wildman–Crippen MR) is 216 cm³/mol. The van der Waals surface area contributed by atoms with Crippen LogP contribution in [0.4, 0.5) is 0 Å². The predicted octanol–water partition coefficient (Wildman–Crippen LogP) is 13.2. The van der Waals surface area contributed by atoms with Crippen LogP contribution in [0.25, 0.3) is 34.4 Å². The van der Waals surface area contributed by atoms with E-state index in [0.29, 0.717) is 7.35 Å². The van der Waals surface area contributed by atoms with E-state index in [-0.39, 0.29) is 0 Å². The van der Waals surface area contributed by atoms with E-state index in [0.717, 1.165) is 0 Å². The summed E-state index contributed by atoms with van der Waals surface area (Å²) in [5, 5.41) is 0. The number of benzene rings is 4. The van der Waals surface area contributed by atoms with Gasteiger partial charge in [0.2, 0.25) is 0 Å². The van der Waals surface area contributed by atoms with E-state index in [1.807, 2.05) is 0 Å². The molecule has 2 unspecified atom stereocenters. The average Bonchev–Trinajstić information content (AvgIpc) is 3.73. The Labute approximate surface area is 288 Å². The Bertz CT molecular complexity index is 2080. The molecule has 0 radical (unpaired) electrons. The first-order valence-electron chi connectivity index (χ1n) is 18.5. The monoisotopic (exact) mass is 820 g/mol. The molecule has 0 aliphatic heterocycles. The molecule has 2 aliphatic carbocycles. The molecule has 0 fully saturated rings. The fourth-order valence-electron chi connectivity index (χ4n) is 10.6. The fourth-order valence-corrected chi connectivity index (χ4v) is 45.4. The van der Waals surface area contributed by atoms with Crippen molar-refractivity contribution < 1.29 is 14.2 Å². The van der Waals surface area contributed by atoms with Crippen LogP contribution in [0.3, 0.4) is 0 Å². The summed E-state index contributed by atoms with van der Waals surface area (Å²) in [5.41, 5.74) is 26.1. The SMILES string of the molecule is C[CH2][Hf]([CH3])([CH3])(=[SiH2])([CH2]C)([CH]1C=Cc2c(-c3c(C)c(C)c(C)c(C)c3C)cccc21)[CH]1C=Cc2c(-c3c(C)c(C)c(C)c(C)c3C)cccc21. The molecule has 4 aromatic rings. The number of rotatable bonds is 6. The van der Waals surface area contributed by atoms with Crippen LogP contribution in [0, 0.1) is 69.2 Å². The Hall–Kier alpha value is -2.55. The van der Waals surface area contributed by atoms with Gasteiger partial charge in [-0.2, -0.15) is 0 Å². The molecule has 48 heavy (non-hydrogen) atoms.